The topological polar surface area (TPSA) is 69.5 Å². The molecule has 3 aliphatic heterocycles. The fourth-order valence-corrected chi connectivity index (χ4v) is 4.64. The van der Waals surface area contributed by atoms with Gasteiger partial charge in [-0.05, 0) is 18.2 Å². The maximum Gasteiger partial charge on any atom is 0.229 e. The molecule has 134 valence electrons. The summed E-state index contributed by atoms with van der Waals surface area (Å²) in [6.45, 7) is 0.564. The minimum atomic E-state index is -0.559. The minimum Gasteiger partial charge on any atom is -0.494 e. The molecule has 2 saturated heterocycles. The molecule has 4 atom stereocenters. The van der Waals surface area contributed by atoms with E-state index in [2.05, 4.69) is 10.1 Å². The van der Waals surface area contributed by atoms with Crippen molar-refractivity contribution in [2.45, 2.75) is 17.6 Å². The first-order chi connectivity index (χ1) is 12.5. The molecule has 26 heavy (non-hydrogen) atoms. The van der Waals surface area contributed by atoms with Crippen molar-refractivity contribution in [3.8, 4) is 11.4 Å². The Morgan fingerprint density at radius 2 is 2.27 bits per heavy atom. The van der Waals surface area contributed by atoms with Gasteiger partial charge in [-0.3, -0.25) is 4.79 Å². The number of carbonyl (C=O) groups is 1. The maximum absolute atomic E-state index is 12.8. The van der Waals surface area contributed by atoms with Crippen molar-refractivity contribution in [2.24, 2.45) is 5.92 Å². The summed E-state index contributed by atoms with van der Waals surface area (Å²) >= 11 is 6.18. The van der Waals surface area contributed by atoms with E-state index in [-0.39, 0.29) is 23.8 Å². The number of rotatable bonds is 3. The van der Waals surface area contributed by atoms with Crippen molar-refractivity contribution in [1.82, 2.24) is 19.7 Å². The highest BCUT2D eigenvalue weighted by Gasteiger charge is 2.65. The monoisotopic (exact) mass is 372 g/mol. The van der Waals surface area contributed by atoms with E-state index in [4.69, 9.17) is 21.1 Å². The highest BCUT2D eigenvalue weighted by atomic mass is 35.5. The largest absolute Gasteiger partial charge is 0.494 e. The van der Waals surface area contributed by atoms with Crippen LogP contribution in [0.2, 0.25) is 5.02 Å². The summed E-state index contributed by atoms with van der Waals surface area (Å²) in [6, 6.07) is 5.32. The summed E-state index contributed by atoms with van der Waals surface area (Å²) in [5.41, 5.74) is 0.128. The third kappa shape index (κ3) is 1.95. The van der Waals surface area contributed by atoms with Crippen molar-refractivity contribution in [1.29, 1.82) is 0 Å². The molecule has 7 nitrogen and oxygen atoms in total. The number of ether oxygens (including phenoxy) is 2. The molecule has 0 unspecified atom stereocenters. The van der Waals surface area contributed by atoms with Crippen LogP contribution in [0.15, 0.2) is 36.7 Å². The normalized spacial score (nSPS) is 31.7. The summed E-state index contributed by atoms with van der Waals surface area (Å²) in [7, 11) is 3.40. The van der Waals surface area contributed by atoms with Crippen LogP contribution in [0.25, 0.3) is 5.69 Å². The van der Waals surface area contributed by atoms with Gasteiger partial charge in [0.2, 0.25) is 5.91 Å². The van der Waals surface area contributed by atoms with Gasteiger partial charge in [-0.25, -0.2) is 9.67 Å². The van der Waals surface area contributed by atoms with Crippen molar-refractivity contribution in [2.75, 3.05) is 20.7 Å². The third-order valence-corrected chi connectivity index (χ3v) is 5.77. The van der Waals surface area contributed by atoms with Crippen LogP contribution in [0.5, 0.6) is 5.75 Å². The Hall–Kier alpha value is -2.38. The van der Waals surface area contributed by atoms with Crippen LogP contribution < -0.4 is 4.74 Å². The van der Waals surface area contributed by atoms with Gasteiger partial charge in [0.05, 0.1) is 31.6 Å². The second-order valence-electron chi connectivity index (χ2n) is 6.94. The zero-order valence-electron chi connectivity index (χ0n) is 14.3. The van der Waals surface area contributed by atoms with Crippen LogP contribution in [-0.4, -0.2) is 58.0 Å². The summed E-state index contributed by atoms with van der Waals surface area (Å²) < 4.78 is 13.4. The zero-order valence-corrected chi connectivity index (χ0v) is 15.1. The molecule has 2 fully saturated rings. The van der Waals surface area contributed by atoms with Gasteiger partial charge in [0.1, 0.15) is 29.2 Å². The number of likely N-dealkylation sites (N-methyl/N-ethyl adjacent to an activating group) is 1. The Balaban J connectivity index is 1.64. The lowest BCUT2D eigenvalue weighted by Gasteiger charge is -2.24. The van der Waals surface area contributed by atoms with Gasteiger partial charge >= 0.3 is 0 Å². The number of nitrogens with zero attached hydrogens (tertiary/aromatic N) is 4. The third-order valence-electron chi connectivity index (χ3n) is 5.53. The predicted molar refractivity (Wildman–Crippen MR) is 93.5 cm³/mol. The number of carbonyl (C=O) groups excluding carboxylic acids is 1. The summed E-state index contributed by atoms with van der Waals surface area (Å²) in [5.74, 6) is 0.884. The van der Waals surface area contributed by atoms with Crippen LogP contribution in [0.3, 0.4) is 0 Å². The van der Waals surface area contributed by atoms with E-state index >= 15 is 0 Å². The molecule has 0 saturated carbocycles. The fraction of sp³-hybridized carbons (Fsp3) is 0.389. The predicted octanol–water partition coefficient (Wildman–Crippen LogP) is 1.81. The van der Waals surface area contributed by atoms with Crippen LogP contribution in [0.4, 0.5) is 0 Å². The lowest BCUT2D eigenvalue weighted by molar-refractivity contribution is -0.130. The van der Waals surface area contributed by atoms with E-state index < -0.39 is 5.60 Å². The molecule has 5 rings (SSSR count). The molecular weight excluding hydrogens is 356 g/mol. The zero-order chi connectivity index (χ0) is 18.1. The first-order valence-corrected chi connectivity index (χ1v) is 8.78. The SMILES string of the molecule is COc1ccc(Cl)cc1-n1ncnc1[C@H]1[C@@H]2C=C[C@@]3(CN(C)C(=O)[C@@H]13)O2. The lowest BCUT2D eigenvalue weighted by Crippen LogP contribution is -2.35. The molecule has 2 aromatic rings. The highest BCUT2D eigenvalue weighted by molar-refractivity contribution is 6.30. The molecule has 2 bridgehead atoms. The highest BCUT2D eigenvalue weighted by Crippen LogP contribution is 2.55. The molecule has 0 N–H and O–H groups in total. The van der Waals surface area contributed by atoms with Gasteiger partial charge in [0.15, 0.2) is 0 Å². The summed E-state index contributed by atoms with van der Waals surface area (Å²) in [6.07, 6.45) is 5.36. The van der Waals surface area contributed by atoms with Crippen molar-refractivity contribution < 1.29 is 14.3 Å². The molecule has 1 aromatic carbocycles. The number of likely N-dealkylation sites (tertiary alicyclic amines) is 1. The lowest BCUT2D eigenvalue weighted by atomic mass is 9.77. The molecule has 0 radical (unpaired) electrons. The summed E-state index contributed by atoms with van der Waals surface area (Å²) in [4.78, 5) is 19.0. The number of fused-ring (bicyclic) bond motifs is 1. The standard InChI is InChI=1S/C18H17ClN4O3/c1-22-8-18-6-5-13(26-18)14(15(18)17(22)24)16-20-9-21-23(16)11-7-10(19)3-4-12(11)25-2/h3-7,9,13-15H,8H2,1-2H3/t13-,14-,15+,18-/m0/s1. The molecule has 0 aliphatic carbocycles. The number of amides is 1. The maximum atomic E-state index is 12.8. The van der Waals surface area contributed by atoms with Gasteiger partial charge in [0.25, 0.3) is 0 Å². The molecule has 3 aliphatic rings. The smallest absolute Gasteiger partial charge is 0.229 e. The first-order valence-electron chi connectivity index (χ1n) is 8.40. The van der Waals surface area contributed by atoms with Crippen LogP contribution >= 0.6 is 11.6 Å². The van der Waals surface area contributed by atoms with Crippen LogP contribution in [-0.2, 0) is 9.53 Å². The molecule has 4 heterocycles. The average Bonchev–Trinajstić information content (AvgIpc) is 3.36. The van der Waals surface area contributed by atoms with Crippen LogP contribution in [0, 0.1) is 5.92 Å². The van der Waals surface area contributed by atoms with Gasteiger partial charge in [0, 0.05) is 12.1 Å². The Morgan fingerprint density at radius 1 is 1.42 bits per heavy atom. The molecule has 1 aromatic heterocycles. The molecular formula is C18H17ClN4O3. The van der Waals surface area contributed by atoms with Crippen molar-refractivity contribution in [3.05, 3.63) is 47.5 Å². The van der Waals surface area contributed by atoms with Gasteiger partial charge in [-0.1, -0.05) is 23.8 Å². The van der Waals surface area contributed by atoms with E-state index in [0.717, 1.165) is 0 Å². The second kappa shape index (κ2) is 5.31. The number of aromatic nitrogens is 3. The van der Waals surface area contributed by atoms with Gasteiger partial charge in [-0.2, -0.15) is 5.10 Å². The molecule has 8 heteroatoms. The van der Waals surface area contributed by atoms with E-state index in [1.807, 2.05) is 19.2 Å². The molecule has 1 amide bonds. The van der Waals surface area contributed by atoms with Crippen molar-refractivity contribution in [3.63, 3.8) is 0 Å². The quantitative estimate of drug-likeness (QED) is 0.768. The van der Waals surface area contributed by atoms with Gasteiger partial charge in [-0.15, -0.1) is 0 Å². The Morgan fingerprint density at radius 3 is 3.08 bits per heavy atom. The van der Waals surface area contributed by atoms with E-state index in [9.17, 15) is 4.79 Å². The number of hydrogen-bond acceptors (Lipinski definition) is 5. The Bertz CT molecular complexity index is 942. The number of hydrogen-bond donors (Lipinski definition) is 0. The van der Waals surface area contributed by atoms with E-state index in [0.29, 0.717) is 28.8 Å². The summed E-state index contributed by atoms with van der Waals surface area (Å²) in [5, 5.41) is 4.95. The van der Waals surface area contributed by atoms with Crippen LogP contribution in [0.1, 0.15) is 11.7 Å². The van der Waals surface area contributed by atoms with Gasteiger partial charge < -0.3 is 14.4 Å². The first kappa shape index (κ1) is 15.8. The average molecular weight is 373 g/mol. The second-order valence-corrected chi connectivity index (χ2v) is 7.38. The number of methoxy groups -OCH3 is 1. The molecule has 1 spiro atoms. The van der Waals surface area contributed by atoms with E-state index in [1.165, 1.54) is 6.33 Å². The Kier molecular flexibility index (Phi) is 3.24. The van der Waals surface area contributed by atoms with E-state index in [1.54, 1.807) is 34.9 Å². The number of benzene rings is 1. The Labute approximate surface area is 155 Å². The number of halogens is 1. The fourth-order valence-electron chi connectivity index (χ4n) is 4.48. The van der Waals surface area contributed by atoms with Crippen molar-refractivity contribution >= 4 is 17.5 Å². The minimum absolute atomic E-state index is 0.0782.